The van der Waals surface area contributed by atoms with Crippen LogP contribution in [0, 0.1) is 10.1 Å². The van der Waals surface area contributed by atoms with Gasteiger partial charge in [0.05, 0.1) is 16.4 Å². The summed E-state index contributed by atoms with van der Waals surface area (Å²) >= 11 is 5.92. The van der Waals surface area contributed by atoms with Crippen molar-refractivity contribution >= 4 is 56.0 Å². The summed E-state index contributed by atoms with van der Waals surface area (Å²) in [5.74, 6) is -0.889. The zero-order valence-electron chi connectivity index (χ0n) is 35.1. The van der Waals surface area contributed by atoms with Crippen LogP contribution in [0.1, 0.15) is 38.3 Å². The second kappa shape index (κ2) is 19.2. The molecule has 1 heterocycles. The normalized spacial score (nSPS) is 15.5. The number of hydrogen-bond donors (Lipinski definition) is 2. The Labute approximate surface area is 375 Å². The summed E-state index contributed by atoms with van der Waals surface area (Å²) in [7, 11) is -4.73. The molecule has 1 aliphatic rings. The number of ether oxygens (including phenoxy) is 3. The summed E-state index contributed by atoms with van der Waals surface area (Å²) < 4.78 is 47.0. The molecule has 7 rings (SSSR count). The largest absolute Gasteiger partial charge is 0.489 e. The Morgan fingerprint density at radius 2 is 1.45 bits per heavy atom. The fourth-order valence-corrected chi connectivity index (χ4v) is 8.42. The van der Waals surface area contributed by atoms with Gasteiger partial charge >= 0.3 is 6.09 Å². The molecule has 0 aromatic heterocycles. The van der Waals surface area contributed by atoms with Gasteiger partial charge in [-0.3, -0.25) is 24.6 Å². The van der Waals surface area contributed by atoms with Crippen LogP contribution in [0.25, 0.3) is 21.9 Å². The van der Waals surface area contributed by atoms with Gasteiger partial charge in [0.15, 0.2) is 0 Å². The minimum Gasteiger partial charge on any atom is -0.489 e. The van der Waals surface area contributed by atoms with Crippen LogP contribution in [0.5, 0.6) is 11.5 Å². The van der Waals surface area contributed by atoms with Crippen molar-refractivity contribution in [3.63, 3.8) is 0 Å². The van der Waals surface area contributed by atoms with E-state index in [0.717, 1.165) is 45.7 Å². The number of fused-ring (bicyclic) bond motifs is 1. The monoisotopic (exact) mass is 904 g/mol. The highest BCUT2D eigenvalue weighted by Gasteiger charge is 2.44. The van der Waals surface area contributed by atoms with Crippen LogP contribution in [0.4, 0.5) is 10.5 Å². The Kier molecular flexibility index (Phi) is 13.5. The first-order chi connectivity index (χ1) is 30.5. The predicted octanol–water partition coefficient (Wildman–Crippen LogP) is 8.64. The molecule has 2 N–H and O–H groups in total. The van der Waals surface area contributed by atoms with Gasteiger partial charge in [0.1, 0.15) is 46.9 Å². The van der Waals surface area contributed by atoms with E-state index in [-0.39, 0.29) is 31.0 Å². The van der Waals surface area contributed by atoms with Gasteiger partial charge in [0.2, 0.25) is 5.91 Å². The molecule has 64 heavy (non-hydrogen) atoms. The second-order valence-corrected chi connectivity index (χ2v) is 18.3. The Bertz CT molecular complexity index is 2780. The highest BCUT2D eigenvalue weighted by Crippen LogP contribution is 2.30. The number of halogens is 1. The molecule has 330 valence electrons. The number of carbonyl (C=O) groups excluding carboxylic acids is 3. The lowest BCUT2D eigenvalue weighted by molar-refractivity contribution is -0.384. The van der Waals surface area contributed by atoms with E-state index in [1.54, 1.807) is 57.2 Å². The van der Waals surface area contributed by atoms with E-state index in [4.69, 9.17) is 25.8 Å². The van der Waals surface area contributed by atoms with Crippen molar-refractivity contribution in [2.24, 2.45) is 0 Å². The van der Waals surface area contributed by atoms with Crippen LogP contribution in [0.2, 0.25) is 5.02 Å². The average Bonchev–Trinajstić information content (AvgIpc) is 3.70. The van der Waals surface area contributed by atoms with Crippen LogP contribution in [-0.4, -0.2) is 66.5 Å². The van der Waals surface area contributed by atoms with E-state index >= 15 is 0 Å². The summed E-state index contributed by atoms with van der Waals surface area (Å²) in [4.78, 5) is 53.3. The molecule has 3 atom stereocenters. The van der Waals surface area contributed by atoms with Crippen molar-refractivity contribution in [2.75, 3.05) is 6.54 Å². The Morgan fingerprint density at radius 1 is 0.812 bits per heavy atom. The number of amides is 3. The Morgan fingerprint density at radius 3 is 2.14 bits per heavy atom. The maximum Gasteiger partial charge on any atom is 0.411 e. The molecule has 0 aliphatic carbocycles. The summed E-state index contributed by atoms with van der Waals surface area (Å²) in [6, 6.07) is 38.0. The molecule has 1 aliphatic heterocycles. The number of nitrogens with one attached hydrogen (secondary N) is 2. The van der Waals surface area contributed by atoms with Crippen molar-refractivity contribution in [3.8, 4) is 22.6 Å². The van der Waals surface area contributed by atoms with Gasteiger partial charge in [-0.15, -0.1) is 0 Å². The molecule has 16 heteroatoms. The number of carbonyl (C=O) groups is 3. The first-order valence-corrected chi connectivity index (χ1v) is 22.2. The number of sulfonamides is 1. The molecule has 0 unspecified atom stereocenters. The number of nitro groups is 1. The fraction of sp³-hybridized carbons (Fsp3) is 0.229. The first kappa shape index (κ1) is 45.1. The molecule has 0 saturated carbocycles. The molecule has 14 nitrogen and oxygen atoms in total. The van der Waals surface area contributed by atoms with Crippen molar-refractivity contribution in [1.82, 2.24) is 14.9 Å². The van der Waals surface area contributed by atoms with Gasteiger partial charge in [-0.1, -0.05) is 103 Å². The van der Waals surface area contributed by atoms with E-state index in [0.29, 0.717) is 17.1 Å². The molecular weight excluding hydrogens is 860 g/mol. The van der Waals surface area contributed by atoms with Gasteiger partial charge < -0.3 is 19.5 Å². The molecule has 0 radical (unpaired) electrons. The molecule has 3 amide bonds. The van der Waals surface area contributed by atoms with Gasteiger partial charge in [0.25, 0.3) is 21.6 Å². The lowest BCUT2D eigenvalue weighted by Crippen LogP contribution is -2.55. The number of rotatable bonds is 14. The zero-order chi connectivity index (χ0) is 45.6. The fourth-order valence-electron chi connectivity index (χ4n) is 7.19. The second-order valence-electron chi connectivity index (χ2n) is 16.2. The number of benzene rings is 6. The van der Waals surface area contributed by atoms with Crippen molar-refractivity contribution in [2.45, 2.75) is 68.9 Å². The molecule has 1 fully saturated rings. The Hall–Kier alpha value is -6.97. The van der Waals surface area contributed by atoms with Crippen LogP contribution in [0.3, 0.4) is 0 Å². The summed E-state index contributed by atoms with van der Waals surface area (Å²) in [5.41, 5.74) is 1.87. The number of nitro benzene ring substituents is 1. The van der Waals surface area contributed by atoms with Crippen molar-refractivity contribution in [3.05, 3.63) is 166 Å². The molecule has 0 spiro atoms. The van der Waals surface area contributed by atoms with Crippen LogP contribution in [-0.2, 0) is 37.4 Å². The molecule has 6 aromatic carbocycles. The SMILES string of the molecule is CC(C)(C)OC(=O)N1C[C@@H](Oc2ccc(-c3ccccc3)cc2)C[C@H]1C(=O)N[C@@H](Cc1ccc(OCc2ccc3ccccc3c2)cc1)C(=O)NS(=O)(=O)c1ccc(Cl)c([N+](=O)[O-])c1. The zero-order valence-corrected chi connectivity index (χ0v) is 36.7. The minimum atomic E-state index is -4.73. The first-order valence-electron chi connectivity index (χ1n) is 20.3. The van der Waals surface area contributed by atoms with Gasteiger partial charge in [-0.2, -0.15) is 0 Å². The maximum absolute atomic E-state index is 14.3. The third kappa shape index (κ3) is 11.3. The highest BCUT2D eigenvalue weighted by atomic mass is 35.5. The predicted molar refractivity (Wildman–Crippen MR) is 241 cm³/mol. The smallest absolute Gasteiger partial charge is 0.411 e. The van der Waals surface area contributed by atoms with Gasteiger partial charge in [0, 0.05) is 18.9 Å². The lowest BCUT2D eigenvalue weighted by Gasteiger charge is -2.28. The van der Waals surface area contributed by atoms with Crippen molar-refractivity contribution in [1.29, 1.82) is 0 Å². The van der Waals surface area contributed by atoms with E-state index < -0.39 is 67.2 Å². The quantitative estimate of drug-likeness (QED) is 0.0793. The molecule has 0 bridgehead atoms. The van der Waals surface area contributed by atoms with Crippen molar-refractivity contribution < 1.29 is 41.9 Å². The molecular formula is C48H45ClN4O10S. The lowest BCUT2D eigenvalue weighted by atomic mass is 10.0. The summed E-state index contributed by atoms with van der Waals surface area (Å²) in [5, 5.41) is 16.1. The van der Waals surface area contributed by atoms with Gasteiger partial charge in [-0.05, 0) is 96.3 Å². The third-order valence-corrected chi connectivity index (χ3v) is 12.0. The highest BCUT2D eigenvalue weighted by molar-refractivity contribution is 7.90. The summed E-state index contributed by atoms with van der Waals surface area (Å²) in [6.45, 7) is 5.32. The topological polar surface area (TPSA) is 183 Å². The maximum atomic E-state index is 14.3. The average molecular weight is 905 g/mol. The van der Waals surface area contributed by atoms with Crippen LogP contribution < -0.4 is 19.5 Å². The van der Waals surface area contributed by atoms with Crippen LogP contribution in [0.15, 0.2) is 144 Å². The Balaban J connectivity index is 1.11. The standard InChI is InChI=1S/C48H45ClN4O10S/c1-48(2,3)63-47(56)52-29-39(62-38-21-17-35(18-22-38)33-9-5-4-6-10-33)27-44(52)46(55)50-42(45(54)51-64(59,60)40-23-24-41(49)43(28-40)53(57)58)26-31-14-19-37(20-15-31)61-30-32-13-16-34-11-7-8-12-36(34)25-32/h4-25,28,39,42,44H,26-27,29-30H2,1-3H3,(H,50,55)(H,51,54)/t39-,42-,44-/m0/s1. The van der Waals surface area contributed by atoms with E-state index in [1.807, 2.05) is 89.7 Å². The van der Waals surface area contributed by atoms with E-state index in [1.165, 1.54) is 4.90 Å². The molecule has 1 saturated heterocycles. The number of likely N-dealkylation sites (tertiary alicyclic amines) is 1. The summed E-state index contributed by atoms with van der Waals surface area (Å²) in [6.07, 6.45) is -1.65. The van der Waals surface area contributed by atoms with E-state index in [2.05, 4.69) is 5.32 Å². The van der Waals surface area contributed by atoms with Crippen LogP contribution >= 0.6 is 11.6 Å². The van der Waals surface area contributed by atoms with Gasteiger partial charge in [-0.25, -0.2) is 17.9 Å². The number of hydrogen-bond acceptors (Lipinski definition) is 10. The number of nitrogens with zero attached hydrogens (tertiary/aromatic N) is 2. The third-order valence-electron chi connectivity index (χ3n) is 10.3. The van der Waals surface area contributed by atoms with E-state index in [9.17, 15) is 32.9 Å². The molecule has 6 aromatic rings. The minimum absolute atomic E-state index is 0.00976.